The van der Waals surface area contributed by atoms with Crippen molar-refractivity contribution in [2.24, 2.45) is 5.73 Å². The van der Waals surface area contributed by atoms with Crippen LogP contribution in [0, 0.1) is 11.8 Å². The zero-order chi connectivity index (χ0) is 13.4. The molecule has 0 aliphatic rings. The summed E-state index contributed by atoms with van der Waals surface area (Å²) in [6.07, 6.45) is 2.98. The van der Waals surface area contributed by atoms with Gasteiger partial charge in [-0.25, -0.2) is 0 Å². The number of nitrogens with one attached hydrogen (secondary N) is 1. The second-order valence-corrected chi connectivity index (χ2v) is 5.56. The fourth-order valence-corrected chi connectivity index (χ4v) is 2.87. The zero-order valence-corrected chi connectivity index (χ0v) is 12.3. The van der Waals surface area contributed by atoms with Crippen LogP contribution in [-0.4, -0.2) is 30.5 Å². The molecule has 0 radical (unpaired) electrons. The highest BCUT2D eigenvalue weighted by Crippen LogP contribution is 2.14. The van der Waals surface area contributed by atoms with Gasteiger partial charge in [0.15, 0.2) is 0 Å². The first kappa shape index (κ1) is 15.1. The summed E-state index contributed by atoms with van der Waals surface area (Å²) in [5, 5.41) is 4.86. The maximum Gasteiger partial charge on any atom is 0.252 e. The molecule has 98 valence electrons. The number of nitrogens with two attached hydrogens (primary N) is 1. The van der Waals surface area contributed by atoms with Gasteiger partial charge in [0.05, 0.1) is 17.0 Å². The van der Waals surface area contributed by atoms with Gasteiger partial charge in [-0.3, -0.25) is 4.79 Å². The highest BCUT2D eigenvalue weighted by Gasteiger charge is 2.12. The van der Waals surface area contributed by atoms with E-state index in [1.165, 1.54) is 11.3 Å². The third-order valence-corrected chi connectivity index (χ3v) is 3.95. The monoisotopic (exact) mass is 282 g/mol. The highest BCUT2D eigenvalue weighted by atomic mass is 32.2. The molecule has 0 fully saturated rings. The molecular weight excluding hydrogens is 264 g/mol. The smallest absolute Gasteiger partial charge is 0.252 e. The Labute approximate surface area is 117 Å². The Bertz CT molecular complexity index is 445. The van der Waals surface area contributed by atoms with Crippen LogP contribution < -0.4 is 11.1 Å². The maximum absolute atomic E-state index is 12.0. The van der Waals surface area contributed by atoms with E-state index >= 15 is 0 Å². The fourth-order valence-electron chi connectivity index (χ4n) is 1.39. The third-order valence-electron chi connectivity index (χ3n) is 2.37. The molecule has 0 aliphatic carbocycles. The SMILES string of the molecule is CCC(CSC)NC(=O)c1csc(C#CCN)c1. The minimum absolute atomic E-state index is 0.0204. The van der Waals surface area contributed by atoms with Gasteiger partial charge in [0.25, 0.3) is 5.91 Å². The molecule has 0 saturated carbocycles. The second-order valence-electron chi connectivity index (χ2n) is 3.74. The third kappa shape index (κ3) is 4.73. The largest absolute Gasteiger partial charge is 0.348 e. The second kappa shape index (κ2) is 8.20. The first-order chi connectivity index (χ1) is 8.71. The Balaban J connectivity index is 2.63. The van der Waals surface area contributed by atoms with Crippen LogP contribution in [-0.2, 0) is 0 Å². The topological polar surface area (TPSA) is 55.1 Å². The molecule has 0 aliphatic heterocycles. The fraction of sp³-hybridized carbons (Fsp3) is 0.462. The number of carbonyl (C=O) groups is 1. The average molecular weight is 282 g/mol. The van der Waals surface area contributed by atoms with E-state index in [9.17, 15) is 4.79 Å². The number of rotatable bonds is 5. The van der Waals surface area contributed by atoms with Crippen molar-refractivity contribution < 1.29 is 4.79 Å². The molecule has 0 spiro atoms. The molecule has 1 unspecified atom stereocenters. The lowest BCUT2D eigenvalue weighted by Gasteiger charge is -2.14. The molecule has 3 nitrogen and oxygen atoms in total. The van der Waals surface area contributed by atoms with Gasteiger partial charge in [-0.1, -0.05) is 18.8 Å². The summed E-state index contributed by atoms with van der Waals surface area (Å²) in [4.78, 5) is 12.9. The average Bonchev–Trinajstić information content (AvgIpc) is 2.84. The predicted octanol–water partition coefficient (Wildman–Crippen LogP) is 1.93. The highest BCUT2D eigenvalue weighted by molar-refractivity contribution is 7.98. The summed E-state index contributed by atoms with van der Waals surface area (Å²) in [5.74, 6) is 6.63. The van der Waals surface area contributed by atoms with Gasteiger partial charge in [0, 0.05) is 17.2 Å². The van der Waals surface area contributed by atoms with Crippen molar-refractivity contribution in [3.63, 3.8) is 0 Å². The molecule has 1 rings (SSSR count). The molecule has 5 heteroatoms. The molecule has 1 aromatic rings. The van der Waals surface area contributed by atoms with E-state index < -0.39 is 0 Å². The molecule has 0 bridgehead atoms. The van der Waals surface area contributed by atoms with Crippen LogP contribution in [0.3, 0.4) is 0 Å². The van der Waals surface area contributed by atoms with Crippen molar-refractivity contribution in [3.8, 4) is 11.8 Å². The lowest BCUT2D eigenvalue weighted by atomic mass is 10.2. The normalized spacial score (nSPS) is 11.5. The van der Waals surface area contributed by atoms with Gasteiger partial charge in [-0.05, 0) is 18.7 Å². The molecule has 0 aromatic carbocycles. The number of thioether (sulfide) groups is 1. The number of carbonyl (C=O) groups excluding carboxylic acids is 1. The van der Waals surface area contributed by atoms with Crippen LogP contribution in [0.15, 0.2) is 11.4 Å². The van der Waals surface area contributed by atoms with Crippen molar-refractivity contribution in [2.75, 3.05) is 18.6 Å². The van der Waals surface area contributed by atoms with Crippen LogP contribution in [0.1, 0.15) is 28.6 Å². The summed E-state index contributed by atoms with van der Waals surface area (Å²) in [7, 11) is 0. The van der Waals surface area contributed by atoms with Crippen LogP contribution in [0.4, 0.5) is 0 Å². The number of hydrogen-bond donors (Lipinski definition) is 2. The minimum Gasteiger partial charge on any atom is -0.348 e. The summed E-state index contributed by atoms with van der Waals surface area (Å²) < 4.78 is 0. The van der Waals surface area contributed by atoms with Crippen LogP contribution >= 0.6 is 23.1 Å². The molecule has 1 atom stereocenters. The Morgan fingerprint density at radius 1 is 1.67 bits per heavy atom. The maximum atomic E-state index is 12.0. The summed E-state index contributed by atoms with van der Waals surface area (Å²) in [6, 6.07) is 2.04. The van der Waals surface area contributed by atoms with Gasteiger partial charge in [0.2, 0.25) is 0 Å². The molecule has 1 amide bonds. The van der Waals surface area contributed by atoms with E-state index in [2.05, 4.69) is 24.1 Å². The minimum atomic E-state index is -0.0204. The van der Waals surface area contributed by atoms with Crippen LogP contribution in [0.5, 0.6) is 0 Å². The van der Waals surface area contributed by atoms with E-state index in [0.29, 0.717) is 12.1 Å². The van der Waals surface area contributed by atoms with Gasteiger partial charge < -0.3 is 11.1 Å². The van der Waals surface area contributed by atoms with Crippen LogP contribution in [0.2, 0.25) is 0 Å². The Hall–Kier alpha value is -0.960. The molecule has 1 heterocycles. The summed E-state index contributed by atoms with van der Waals surface area (Å²) >= 11 is 3.21. The van der Waals surface area contributed by atoms with Gasteiger partial charge >= 0.3 is 0 Å². The van der Waals surface area contributed by atoms with Gasteiger partial charge in [-0.2, -0.15) is 11.8 Å². The van der Waals surface area contributed by atoms with Crippen molar-refractivity contribution in [1.29, 1.82) is 0 Å². The Morgan fingerprint density at radius 3 is 3.06 bits per heavy atom. The van der Waals surface area contributed by atoms with Crippen molar-refractivity contribution in [2.45, 2.75) is 19.4 Å². The molecule has 0 saturated heterocycles. The predicted molar refractivity (Wildman–Crippen MR) is 80.2 cm³/mol. The standard InChI is InChI=1S/C13H18N2OS2/c1-3-11(9-17-2)15-13(16)10-7-12(18-8-10)5-4-6-14/h7-8,11H,3,6,9,14H2,1-2H3,(H,15,16). The molecule has 1 aromatic heterocycles. The van der Waals surface area contributed by atoms with E-state index in [1.54, 1.807) is 11.8 Å². The lowest BCUT2D eigenvalue weighted by molar-refractivity contribution is 0.0940. The molecule has 18 heavy (non-hydrogen) atoms. The Morgan fingerprint density at radius 2 is 2.44 bits per heavy atom. The van der Waals surface area contributed by atoms with Gasteiger partial charge in [0.1, 0.15) is 0 Å². The quantitative estimate of drug-likeness (QED) is 0.811. The molecule has 3 N–H and O–H groups in total. The number of thiophene rings is 1. The summed E-state index contributed by atoms with van der Waals surface area (Å²) in [6.45, 7) is 2.41. The lowest BCUT2D eigenvalue weighted by Crippen LogP contribution is -2.35. The summed E-state index contributed by atoms with van der Waals surface area (Å²) in [5.41, 5.74) is 5.99. The Kier molecular flexibility index (Phi) is 6.88. The van der Waals surface area contributed by atoms with Crippen molar-refractivity contribution >= 4 is 29.0 Å². The van der Waals surface area contributed by atoms with Gasteiger partial charge in [-0.15, -0.1) is 11.3 Å². The molecular formula is C13H18N2OS2. The van der Waals surface area contributed by atoms with Crippen LogP contribution in [0.25, 0.3) is 0 Å². The van der Waals surface area contributed by atoms with E-state index in [1.807, 2.05) is 17.7 Å². The van der Waals surface area contributed by atoms with Crippen molar-refractivity contribution in [1.82, 2.24) is 5.32 Å². The van der Waals surface area contributed by atoms with E-state index in [0.717, 1.165) is 17.1 Å². The first-order valence-electron chi connectivity index (χ1n) is 5.78. The first-order valence-corrected chi connectivity index (χ1v) is 8.05. The zero-order valence-electron chi connectivity index (χ0n) is 10.7. The van der Waals surface area contributed by atoms with E-state index in [-0.39, 0.29) is 11.9 Å². The number of hydrogen-bond acceptors (Lipinski definition) is 4. The number of amides is 1. The van der Waals surface area contributed by atoms with E-state index in [4.69, 9.17) is 5.73 Å². The van der Waals surface area contributed by atoms with Crippen molar-refractivity contribution in [3.05, 3.63) is 21.9 Å².